The van der Waals surface area contributed by atoms with Crippen LogP contribution in [0.4, 0.5) is 15.3 Å². The number of imide groups is 1. The summed E-state index contributed by atoms with van der Waals surface area (Å²) >= 11 is 0. The molecule has 0 bridgehead atoms. The highest BCUT2D eigenvalue weighted by molar-refractivity contribution is 5.99. The Labute approximate surface area is 117 Å². The normalized spacial score (nSPS) is 9.75. The topological polar surface area (TPSA) is 93.9 Å². The molecule has 110 valence electrons. The van der Waals surface area contributed by atoms with Crippen molar-refractivity contribution in [3.05, 3.63) is 24.3 Å². The van der Waals surface area contributed by atoms with Gasteiger partial charge in [-0.2, -0.15) is 0 Å². The van der Waals surface area contributed by atoms with Crippen LogP contribution >= 0.6 is 0 Å². The minimum Gasteiger partial charge on any atom is -0.497 e. The molecule has 0 radical (unpaired) electrons. The van der Waals surface area contributed by atoms with Gasteiger partial charge in [0.1, 0.15) is 5.75 Å². The molecule has 20 heavy (non-hydrogen) atoms. The zero-order chi connectivity index (χ0) is 15.0. The molecule has 7 heteroatoms. The number of nitrogens with two attached hydrogens (primary N) is 1. The number of anilines is 1. The number of carbonyl (C=O) groups is 2. The van der Waals surface area contributed by atoms with Crippen molar-refractivity contribution in [2.75, 3.05) is 32.1 Å². The van der Waals surface area contributed by atoms with Gasteiger partial charge in [0.2, 0.25) is 0 Å². The zero-order valence-electron chi connectivity index (χ0n) is 11.6. The molecule has 0 aromatic heterocycles. The molecule has 0 aliphatic carbocycles. The predicted octanol–water partition coefficient (Wildman–Crippen LogP) is 1.64. The number of carbonyl (C=O) groups excluding carboxylic acids is 2. The summed E-state index contributed by atoms with van der Waals surface area (Å²) < 4.78 is 9.86. The SMILES string of the molecule is CCOC(=O)N(CCN)C(=O)Nc1cccc(OC)c1. The molecule has 1 aromatic rings. The molecule has 1 aromatic carbocycles. The molecule has 0 saturated carbocycles. The van der Waals surface area contributed by atoms with E-state index in [1.54, 1.807) is 31.2 Å². The molecule has 0 saturated heterocycles. The third-order valence-corrected chi connectivity index (χ3v) is 2.41. The first-order chi connectivity index (χ1) is 9.62. The second kappa shape index (κ2) is 8.00. The lowest BCUT2D eigenvalue weighted by Gasteiger charge is -2.19. The van der Waals surface area contributed by atoms with Crippen molar-refractivity contribution in [1.82, 2.24) is 4.90 Å². The minimum absolute atomic E-state index is 0.0780. The summed E-state index contributed by atoms with van der Waals surface area (Å²) in [7, 11) is 1.53. The Kier molecular flexibility index (Phi) is 6.31. The average Bonchev–Trinajstić information content (AvgIpc) is 2.45. The number of ether oxygens (including phenoxy) is 2. The smallest absolute Gasteiger partial charge is 0.418 e. The van der Waals surface area contributed by atoms with E-state index in [-0.39, 0.29) is 19.7 Å². The first kappa shape index (κ1) is 15.8. The van der Waals surface area contributed by atoms with E-state index in [2.05, 4.69) is 5.32 Å². The summed E-state index contributed by atoms with van der Waals surface area (Å²) in [6.45, 7) is 2.09. The molecule has 0 spiro atoms. The Bertz CT molecular complexity index is 465. The van der Waals surface area contributed by atoms with Crippen molar-refractivity contribution >= 4 is 17.8 Å². The van der Waals surface area contributed by atoms with E-state index in [1.807, 2.05) is 0 Å². The molecule has 0 unspecified atom stereocenters. The molecule has 1 rings (SSSR count). The fourth-order valence-corrected chi connectivity index (χ4v) is 1.50. The van der Waals surface area contributed by atoms with Crippen LogP contribution in [0, 0.1) is 0 Å². The number of rotatable bonds is 5. The van der Waals surface area contributed by atoms with Crippen molar-refractivity contribution in [2.24, 2.45) is 5.73 Å². The van der Waals surface area contributed by atoms with Crippen molar-refractivity contribution in [1.29, 1.82) is 0 Å². The quantitative estimate of drug-likeness (QED) is 0.855. The number of benzene rings is 1. The maximum atomic E-state index is 12.0. The van der Waals surface area contributed by atoms with Crippen molar-refractivity contribution in [2.45, 2.75) is 6.92 Å². The van der Waals surface area contributed by atoms with Gasteiger partial charge in [0.15, 0.2) is 0 Å². The summed E-state index contributed by atoms with van der Waals surface area (Å²) in [4.78, 5) is 24.6. The summed E-state index contributed by atoms with van der Waals surface area (Å²) in [5.74, 6) is 0.601. The van der Waals surface area contributed by atoms with Crippen LogP contribution in [0.3, 0.4) is 0 Å². The second-order valence-electron chi connectivity index (χ2n) is 3.80. The van der Waals surface area contributed by atoms with Gasteiger partial charge in [-0.3, -0.25) is 0 Å². The predicted molar refractivity (Wildman–Crippen MR) is 74.8 cm³/mol. The van der Waals surface area contributed by atoms with Crippen LogP contribution in [0.2, 0.25) is 0 Å². The number of urea groups is 1. The molecule has 7 nitrogen and oxygen atoms in total. The van der Waals surface area contributed by atoms with E-state index in [4.69, 9.17) is 15.2 Å². The Morgan fingerprint density at radius 3 is 2.75 bits per heavy atom. The summed E-state index contributed by atoms with van der Waals surface area (Å²) in [6.07, 6.45) is -0.724. The van der Waals surface area contributed by atoms with Crippen molar-refractivity contribution in [3.63, 3.8) is 0 Å². The Morgan fingerprint density at radius 2 is 2.15 bits per heavy atom. The minimum atomic E-state index is -0.724. The van der Waals surface area contributed by atoms with Crippen molar-refractivity contribution in [3.8, 4) is 5.75 Å². The highest BCUT2D eigenvalue weighted by Gasteiger charge is 2.21. The van der Waals surface area contributed by atoms with Gasteiger partial charge in [-0.05, 0) is 19.1 Å². The van der Waals surface area contributed by atoms with E-state index < -0.39 is 12.1 Å². The average molecular weight is 281 g/mol. The van der Waals surface area contributed by atoms with Gasteiger partial charge < -0.3 is 20.5 Å². The highest BCUT2D eigenvalue weighted by Crippen LogP contribution is 2.17. The molecule has 0 fully saturated rings. The molecule has 3 amide bonds. The van der Waals surface area contributed by atoms with Crippen LogP contribution in [0.15, 0.2) is 24.3 Å². The second-order valence-corrected chi connectivity index (χ2v) is 3.80. The van der Waals surface area contributed by atoms with Crippen LogP contribution in [0.25, 0.3) is 0 Å². The van der Waals surface area contributed by atoms with Crippen LogP contribution in [0.5, 0.6) is 5.75 Å². The van der Waals surface area contributed by atoms with E-state index in [9.17, 15) is 9.59 Å². The van der Waals surface area contributed by atoms with Gasteiger partial charge >= 0.3 is 12.1 Å². The van der Waals surface area contributed by atoms with Crippen LogP contribution < -0.4 is 15.8 Å². The first-order valence-electron chi connectivity index (χ1n) is 6.21. The molecule has 0 aliphatic rings. The number of nitrogens with zero attached hydrogens (tertiary/aromatic N) is 1. The third kappa shape index (κ3) is 4.43. The summed E-state index contributed by atoms with van der Waals surface area (Å²) in [5.41, 5.74) is 5.91. The number of amides is 3. The molecule has 0 aliphatic heterocycles. The van der Waals surface area contributed by atoms with Gasteiger partial charge in [0, 0.05) is 24.8 Å². The van der Waals surface area contributed by atoms with Gasteiger partial charge in [-0.25, -0.2) is 14.5 Å². The number of methoxy groups -OCH3 is 1. The Balaban J connectivity index is 2.76. The van der Waals surface area contributed by atoms with E-state index in [0.717, 1.165) is 4.90 Å². The van der Waals surface area contributed by atoms with Crippen LogP contribution in [0.1, 0.15) is 6.92 Å². The van der Waals surface area contributed by atoms with Gasteiger partial charge in [0.05, 0.1) is 13.7 Å². The lowest BCUT2D eigenvalue weighted by molar-refractivity contribution is 0.118. The monoisotopic (exact) mass is 281 g/mol. The Morgan fingerprint density at radius 1 is 1.40 bits per heavy atom. The maximum Gasteiger partial charge on any atom is 0.418 e. The fraction of sp³-hybridized carbons (Fsp3) is 0.385. The summed E-state index contributed by atoms with van der Waals surface area (Å²) in [5, 5.41) is 2.59. The van der Waals surface area contributed by atoms with Crippen LogP contribution in [-0.4, -0.2) is 43.8 Å². The molecule has 0 atom stereocenters. The van der Waals surface area contributed by atoms with Crippen LogP contribution in [-0.2, 0) is 4.74 Å². The summed E-state index contributed by atoms with van der Waals surface area (Å²) in [6, 6.07) is 6.21. The fourth-order valence-electron chi connectivity index (χ4n) is 1.50. The Hall–Kier alpha value is -2.28. The van der Waals surface area contributed by atoms with E-state index in [1.165, 1.54) is 7.11 Å². The van der Waals surface area contributed by atoms with Gasteiger partial charge in [0.25, 0.3) is 0 Å². The maximum absolute atomic E-state index is 12.0. The molecule has 0 heterocycles. The highest BCUT2D eigenvalue weighted by atomic mass is 16.6. The number of nitrogens with one attached hydrogen (secondary N) is 1. The zero-order valence-corrected chi connectivity index (χ0v) is 11.6. The third-order valence-electron chi connectivity index (χ3n) is 2.41. The molecular weight excluding hydrogens is 262 g/mol. The van der Waals surface area contributed by atoms with E-state index in [0.29, 0.717) is 11.4 Å². The van der Waals surface area contributed by atoms with Gasteiger partial charge in [-0.1, -0.05) is 6.07 Å². The first-order valence-corrected chi connectivity index (χ1v) is 6.21. The number of hydrogen-bond donors (Lipinski definition) is 2. The lowest BCUT2D eigenvalue weighted by Crippen LogP contribution is -2.43. The van der Waals surface area contributed by atoms with Gasteiger partial charge in [-0.15, -0.1) is 0 Å². The number of hydrogen-bond acceptors (Lipinski definition) is 5. The molecule has 3 N–H and O–H groups in total. The van der Waals surface area contributed by atoms with E-state index >= 15 is 0 Å². The molecular formula is C13H19N3O4. The standard InChI is InChI=1S/C13H19N3O4/c1-3-20-13(18)16(8-7-14)12(17)15-10-5-4-6-11(9-10)19-2/h4-6,9H,3,7-8,14H2,1-2H3,(H,15,17). The lowest BCUT2D eigenvalue weighted by atomic mass is 10.3. The van der Waals surface area contributed by atoms with Crippen molar-refractivity contribution < 1.29 is 19.1 Å². The largest absolute Gasteiger partial charge is 0.497 e.